The Morgan fingerprint density at radius 1 is 1.29 bits per heavy atom. The van der Waals surface area contributed by atoms with Crippen LogP contribution < -0.4 is 5.32 Å². The molecule has 2 aliphatic heterocycles. The molecule has 3 amide bonds. The van der Waals surface area contributed by atoms with Gasteiger partial charge in [0.2, 0.25) is 5.91 Å². The number of aromatic nitrogens is 1. The van der Waals surface area contributed by atoms with Gasteiger partial charge >= 0.3 is 6.03 Å². The fourth-order valence-corrected chi connectivity index (χ4v) is 3.77. The standard InChI is InChI=1S/C18H26N4O2/c1-14(2)20-17(24)22-10-3-6-18(13-22)7-11-21(16(18)23)12-15-4-8-19-9-5-15/h4-5,8-9,14H,3,6-7,10-13H2,1-2H3,(H,20,24)/t18-/m1/s1. The first-order valence-electron chi connectivity index (χ1n) is 8.74. The number of pyridine rings is 1. The second kappa shape index (κ2) is 6.79. The van der Waals surface area contributed by atoms with Crippen molar-refractivity contribution in [1.82, 2.24) is 20.1 Å². The van der Waals surface area contributed by atoms with Crippen LogP contribution in [0.3, 0.4) is 0 Å². The Labute approximate surface area is 143 Å². The highest BCUT2D eigenvalue weighted by molar-refractivity contribution is 5.86. The Balaban J connectivity index is 1.67. The quantitative estimate of drug-likeness (QED) is 0.922. The van der Waals surface area contributed by atoms with Crippen LogP contribution in [0, 0.1) is 5.41 Å². The first kappa shape index (κ1) is 16.7. The first-order chi connectivity index (χ1) is 11.5. The fraction of sp³-hybridized carbons (Fsp3) is 0.611. The smallest absolute Gasteiger partial charge is 0.317 e. The van der Waals surface area contributed by atoms with Gasteiger partial charge in [-0.15, -0.1) is 0 Å². The van der Waals surface area contributed by atoms with Gasteiger partial charge in [-0.1, -0.05) is 0 Å². The van der Waals surface area contributed by atoms with Crippen molar-refractivity contribution < 1.29 is 9.59 Å². The fourth-order valence-electron chi connectivity index (χ4n) is 3.77. The van der Waals surface area contributed by atoms with Gasteiger partial charge in [-0.05, 0) is 50.8 Å². The van der Waals surface area contributed by atoms with Crippen LogP contribution in [0.1, 0.15) is 38.7 Å². The Kier molecular flexibility index (Phi) is 4.73. The van der Waals surface area contributed by atoms with Crippen molar-refractivity contribution in [2.24, 2.45) is 5.41 Å². The molecule has 0 radical (unpaired) electrons. The maximum Gasteiger partial charge on any atom is 0.317 e. The molecule has 1 atom stereocenters. The van der Waals surface area contributed by atoms with Gasteiger partial charge in [0.05, 0.1) is 5.41 Å². The number of carbonyl (C=O) groups is 2. The summed E-state index contributed by atoms with van der Waals surface area (Å²) in [7, 11) is 0. The molecule has 24 heavy (non-hydrogen) atoms. The molecule has 6 heteroatoms. The molecule has 130 valence electrons. The number of urea groups is 1. The van der Waals surface area contributed by atoms with E-state index in [0.29, 0.717) is 13.1 Å². The van der Waals surface area contributed by atoms with Crippen molar-refractivity contribution in [1.29, 1.82) is 0 Å². The van der Waals surface area contributed by atoms with E-state index in [0.717, 1.165) is 37.9 Å². The topological polar surface area (TPSA) is 65.5 Å². The van der Waals surface area contributed by atoms with E-state index in [1.54, 1.807) is 12.4 Å². The van der Waals surface area contributed by atoms with Crippen LogP contribution in [0.5, 0.6) is 0 Å². The Morgan fingerprint density at radius 3 is 2.75 bits per heavy atom. The molecular weight excluding hydrogens is 304 g/mol. The van der Waals surface area contributed by atoms with E-state index in [9.17, 15) is 9.59 Å². The van der Waals surface area contributed by atoms with Crippen molar-refractivity contribution in [3.05, 3.63) is 30.1 Å². The Morgan fingerprint density at radius 2 is 2.04 bits per heavy atom. The maximum absolute atomic E-state index is 13.0. The Hall–Kier alpha value is -2.11. The van der Waals surface area contributed by atoms with Crippen LogP contribution in [0.2, 0.25) is 0 Å². The van der Waals surface area contributed by atoms with Crippen molar-refractivity contribution in [3.8, 4) is 0 Å². The number of amides is 3. The van der Waals surface area contributed by atoms with E-state index in [-0.39, 0.29) is 23.4 Å². The minimum Gasteiger partial charge on any atom is -0.338 e. The van der Waals surface area contributed by atoms with Crippen LogP contribution in [-0.4, -0.2) is 52.4 Å². The zero-order chi connectivity index (χ0) is 17.2. The highest BCUT2D eigenvalue weighted by atomic mass is 16.2. The van der Waals surface area contributed by atoms with Gasteiger partial charge in [0.25, 0.3) is 0 Å². The summed E-state index contributed by atoms with van der Waals surface area (Å²) in [5, 5.41) is 2.94. The maximum atomic E-state index is 13.0. The summed E-state index contributed by atoms with van der Waals surface area (Å²) < 4.78 is 0. The molecule has 2 aliphatic rings. The Bertz CT molecular complexity index is 604. The van der Waals surface area contributed by atoms with E-state index in [1.165, 1.54) is 0 Å². The normalized spacial score (nSPS) is 24.0. The number of nitrogens with one attached hydrogen (secondary N) is 1. The number of hydrogen-bond acceptors (Lipinski definition) is 3. The summed E-state index contributed by atoms with van der Waals surface area (Å²) in [6, 6.07) is 3.95. The predicted octanol–water partition coefficient (Wildman–Crippen LogP) is 2.01. The molecule has 1 spiro atoms. The second-order valence-electron chi connectivity index (χ2n) is 7.24. The van der Waals surface area contributed by atoms with Gasteiger partial charge < -0.3 is 15.1 Å². The third kappa shape index (κ3) is 3.37. The van der Waals surface area contributed by atoms with E-state index in [1.807, 2.05) is 35.8 Å². The summed E-state index contributed by atoms with van der Waals surface area (Å²) in [4.78, 5) is 33.1. The third-order valence-electron chi connectivity index (χ3n) is 5.00. The molecule has 3 heterocycles. The molecule has 1 aromatic rings. The van der Waals surface area contributed by atoms with E-state index >= 15 is 0 Å². The molecule has 0 unspecified atom stereocenters. The second-order valence-corrected chi connectivity index (χ2v) is 7.24. The van der Waals surface area contributed by atoms with Crippen LogP contribution >= 0.6 is 0 Å². The summed E-state index contributed by atoms with van der Waals surface area (Å²) in [5.41, 5.74) is 0.709. The number of carbonyl (C=O) groups excluding carboxylic acids is 2. The minimum atomic E-state index is -0.389. The van der Waals surface area contributed by atoms with E-state index in [2.05, 4.69) is 10.3 Å². The largest absolute Gasteiger partial charge is 0.338 e. The molecular formula is C18H26N4O2. The van der Waals surface area contributed by atoms with Crippen molar-refractivity contribution in [2.75, 3.05) is 19.6 Å². The summed E-state index contributed by atoms with van der Waals surface area (Å²) in [6.07, 6.45) is 6.11. The number of piperidine rings is 1. The number of likely N-dealkylation sites (tertiary alicyclic amines) is 2. The van der Waals surface area contributed by atoms with Gasteiger partial charge in [0.15, 0.2) is 0 Å². The highest BCUT2D eigenvalue weighted by Gasteiger charge is 2.49. The third-order valence-corrected chi connectivity index (χ3v) is 5.00. The number of hydrogen-bond donors (Lipinski definition) is 1. The molecule has 2 saturated heterocycles. The zero-order valence-electron chi connectivity index (χ0n) is 14.5. The molecule has 2 fully saturated rings. The van der Waals surface area contributed by atoms with Crippen molar-refractivity contribution in [2.45, 2.75) is 45.7 Å². The van der Waals surface area contributed by atoms with Gasteiger partial charge in [0, 0.05) is 44.6 Å². The summed E-state index contributed by atoms with van der Waals surface area (Å²) in [5.74, 6) is 0.196. The summed E-state index contributed by atoms with van der Waals surface area (Å²) >= 11 is 0. The van der Waals surface area contributed by atoms with Crippen LogP contribution in [0.15, 0.2) is 24.5 Å². The molecule has 0 saturated carbocycles. The van der Waals surface area contributed by atoms with E-state index in [4.69, 9.17) is 0 Å². The van der Waals surface area contributed by atoms with Gasteiger partial charge in [-0.25, -0.2) is 4.79 Å². The van der Waals surface area contributed by atoms with Crippen molar-refractivity contribution >= 4 is 11.9 Å². The molecule has 0 aliphatic carbocycles. The lowest BCUT2D eigenvalue weighted by Gasteiger charge is -2.39. The first-order valence-corrected chi connectivity index (χ1v) is 8.74. The average Bonchev–Trinajstić information content (AvgIpc) is 2.85. The molecule has 0 bridgehead atoms. The molecule has 1 aromatic heterocycles. The SMILES string of the molecule is CC(C)NC(=O)N1CCC[C@@]2(CCN(Cc3ccncc3)C2=O)C1. The van der Waals surface area contributed by atoms with Gasteiger partial charge in [-0.2, -0.15) is 0 Å². The van der Waals surface area contributed by atoms with Crippen LogP contribution in [0.4, 0.5) is 4.79 Å². The number of rotatable bonds is 3. The molecule has 3 rings (SSSR count). The monoisotopic (exact) mass is 330 g/mol. The van der Waals surface area contributed by atoms with E-state index < -0.39 is 0 Å². The molecule has 0 aromatic carbocycles. The zero-order valence-corrected chi connectivity index (χ0v) is 14.5. The van der Waals surface area contributed by atoms with Crippen molar-refractivity contribution in [3.63, 3.8) is 0 Å². The van der Waals surface area contributed by atoms with Gasteiger partial charge in [-0.3, -0.25) is 9.78 Å². The lowest BCUT2D eigenvalue weighted by molar-refractivity contribution is -0.138. The molecule has 6 nitrogen and oxygen atoms in total. The predicted molar refractivity (Wildman–Crippen MR) is 91.2 cm³/mol. The lowest BCUT2D eigenvalue weighted by atomic mass is 9.78. The van der Waals surface area contributed by atoms with Crippen LogP contribution in [0.25, 0.3) is 0 Å². The number of nitrogens with zero attached hydrogens (tertiary/aromatic N) is 3. The molecule has 1 N–H and O–H groups in total. The highest BCUT2D eigenvalue weighted by Crippen LogP contribution is 2.40. The summed E-state index contributed by atoms with van der Waals surface area (Å²) in [6.45, 7) is 6.57. The lowest BCUT2D eigenvalue weighted by Crippen LogP contribution is -2.53. The van der Waals surface area contributed by atoms with Crippen LogP contribution in [-0.2, 0) is 11.3 Å². The van der Waals surface area contributed by atoms with Gasteiger partial charge in [0.1, 0.15) is 0 Å². The minimum absolute atomic E-state index is 0.0514. The average molecular weight is 330 g/mol.